The molecular formula is C24H23F2N3O4S. The van der Waals surface area contributed by atoms with E-state index in [1.807, 2.05) is 29.2 Å². The van der Waals surface area contributed by atoms with Crippen molar-refractivity contribution in [2.75, 3.05) is 43.5 Å². The molecule has 34 heavy (non-hydrogen) atoms. The number of hydrogen-bond acceptors (Lipinski definition) is 5. The zero-order valence-electron chi connectivity index (χ0n) is 18.4. The Bertz CT molecular complexity index is 1310. The molecule has 0 spiro atoms. The summed E-state index contributed by atoms with van der Waals surface area (Å²) in [5.41, 5.74) is 0.391. The molecule has 4 rings (SSSR count). The lowest BCUT2D eigenvalue weighted by Gasteiger charge is -2.35. The van der Waals surface area contributed by atoms with Crippen LogP contribution in [0.5, 0.6) is 5.75 Å². The normalized spacial score (nSPS) is 14.6. The first-order valence-corrected chi connectivity index (χ1v) is 12.0. The van der Waals surface area contributed by atoms with Crippen molar-refractivity contribution < 1.29 is 26.7 Å². The summed E-state index contributed by atoms with van der Waals surface area (Å²) in [6, 6.07) is 16.0. The summed E-state index contributed by atoms with van der Waals surface area (Å²) in [7, 11) is -2.37. The number of methoxy groups -OCH3 is 1. The lowest BCUT2D eigenvalue weighted by atomic mass is 10.2. The number of hydrogen-bond donors (Lipinski definition) is 1. The van der Waals surface area contributed by atoms with Crippen molar-refractivity contribution in [3.8, 4) is 5.75 Å². The molecule has 0 aliphatic carbocycles. The Balaban J connectivity index is 1.46. The highest BCUT2D eigenvalue weighted by Gasteiger charge is 2.30. The number of nitrogens with one attached hydrogen (secondary N) is 1. The summed E-state index contributed by atoms with van der Waals surface area (Å²) in [5.74, 6) is -1.81. The quantitative estimate of drug-likeness (QED) is 0.573. The van der Waals surface area contributed by atoms with Gasteiger partial charge in [0.2, 0.25) is 10.0 Å². The van der Waals surface area contributed by atoms with Crippen LogP contribution in [-0.4, -0.2) is 51.9 Å². The first kappa shape index (κ1) is 23.7. The van der Waals surface area contributed by atoms with E-state index in [-0.39, 0.29) is 29.2 Å². The molecule has 1 amide bonds. The van der Waals surface area contributed by atoms with E-state index in [2.05, 4.69) is 5.32 Å². The number of benzene rings is 3. The number of para-hydroxylation sites is 2. The molecule has 10 heteroatoms. The molecule has 1 saturated heterocycles. The molecule has 1 aliphatic heterocycles. The largest absolute Gasteiger partial charge is 0.495 e. The predicted octanol–water partition coefficient (Wildman–Crippen LogP) is 3.74. The Labute approximate surface area is 196 Å². The van der Waals surface area contributed by atoms with E-state index in [4.69, 9.17) is 4.74 Å². The van der Waals surface area contributed by atoms with Gasteiger partial charge in [0, 0.05) is 26.2 Å². The van der Waals surface area contributed by atoms with Crippen LogP contribution in [0.4, 0.5) is 20.2 Å². The van der Waals surface area contributed by atoms with Crippen molar-refractivity contribution in [1.29, 1.82) is 0 Å². The number of carbonyl (C=O) groups excluding carboxylic acids is 1. The monoisotopic (exact) mass is 487 g/mol. The van der Waals surface area contributed by atoms with E-state index in [9.17, 15) is 22.0 Å². The molecule has 0 bridgehead atoms. The van der Waals surface area contributed by atoms with Gasteiger partial charge in [-0.1, -0.05) is 24.3 Å². The number of rotatable bonds is 6. The number of carbonyl (C=O) groups is 1. The Morgan fingerprint density at radius 1 is 0.912 bits per heavy atom. The van der Waals surface area contributed by atoms with E-state index in [1.165, 1.54) is 28.6 Å². The maximum absolute atomic E-state index is 14.7. The summed E-state index contributed by atoms with van der Waals surface area (Å²) in [6.07, 6.45) is 0. The second-order valence-electron chi connectivity index (χ2n) is 7.64. The Morgan fingerprint density at radius 3 is 2.26 bits per heavy atom. The van der Waals surface area contributed by atoms with Gasteiger partial charge in [0.05, 0.1) is 28.9 Å². The third kappa shape index (κ3) is 4.73. The first-order chi connectivity index (χ1) is 16.3. The summed E-state index contributed by atoms with van der Waals surface area (Å²) in [5, 5.41) is 2.28. The van der Waals surface area contributed by atoms with Gasteiger partial charge in [-0.05, 0) is 42.5 Å². The minimum atomic E-state index is -3.95. The summed E-state index contributed by atoms with van der Waals surface area (Å²) in [4.78, 5) is 14.1. The summed E-state index contributed by atoms with van der Waals surface area (Å²) in [6.45, 7) is 1.32. The van der Waals surface area contributed by atoms with Crippen molar-refractivity contribution >= 4 is 27.3 Å². The minimum absolute atomic E-state index is 0.216. The van der Waals surface area contributed by atoms with Gasteiger partial charge in [-0.3, -0.25) is 4.79 Å². The third-order valence-corrected chi connectivity index (χ3v) is 7.50. The topological polar surface area (TPSA) is 79.0 Å². The molecule has 0 radical (unpaired) electrons. The number of nitrogens with zero attached hydrogens (tertiary/aromatic N) is 2. The van der Waals surface area contributed by atoms with Crippen LogP contribution in [0, 0.1) is 11.6 Å². The first-order valence-electron chi connectivity index (χ1n) is 10.5. The van der Waals surface area contributed by atoms with Gasteiger partial charge in [0.1, 0.15) is 17.4 Å². The number of sulfonamides is 1. The number of anilines is 2. The second-order valence-corrected chi connectivity index (χ2v) is 9.58. The number of piperazine rings is 1. The zero-order valence-corrected chi connectivity index (χ0v) is 19.2. The highest BCUT2D eigenvalue weighted by Crippen LogP contribution is 2.30. The zero-order chi connectivity index (χ0) is 24.3. The lowest BCUT2D eigenvalue weighted by molar-refractivity contribution is 0.102. The van der Waals surface area contributed by atoms with Crippen LogP contribution >= 0.6 is 0 Å². The van der Waals surface area contributed by atoms with Crippen LogP contribution < -0.4 is 15.0 Å². The molecule has 178 valence electrons. The van der Waals surface area contributed by atoms with Gasteiger partial charge < -0.3 is 15.0 Å². The lowest BCUT2D eigenvalue weighted by Crippen LogP contribution is -2.48. The van der Waals surface area contributed by atoms with Gasteiger partial charge in [-0.25, -0.2) is 17.2 Å². The molecule has 1 fully saturated rings. The molecule has 3 aromatic rings. The van der Waals surface area contributed by atoms with E-state index in [1.54, 1.807) is 7.11 Å². The fourth-order valence-electron chi connectivity index (χ4n) is 3.80. The maximum atomic E-state index is 14.7. The third-order valence-electron chi connectivity index (χ3n) is 5.61. The van der Waals surface area contributed by atoms with Crippen molar-refractivity contribution in [2.24, 2.45) is 0 Å². The molecule has 1 heterocycles. The second kappa shape index (κ2) is 9.78. The van der Waals surface area contributed by atoms with Gasteiger partial charge in [0.15, 0.2) is 0 Å². The minimum Gasteiger partial charge on any atom is -0.495 e. The molecule has 0 unspecified atom stereocenters. The van der Waals surface area contributed by atoms with Crippen LogP contribution in [0.25, 0.3) is 0 Å². The fourth-order valence-corrected chi connectivity index (χ4v) is 5.24. The number of halogens is 2. The SMILES string of the molecule is COc1ccccc1N1CCN(S(=O)(=O)c2ccc(NC(=O)c3ccccc3F)c(F)c2)CC1. The van der Waals surface area contributed by atoms with E-state index >= 15 is 0 Å². The van der Waals surface area contributed by atoms with Gasteiger partial charge >= 0.3 is 0 Å². The van der Waals surface area contributed by atoms with Crippen LogP contribution in [0.3, 0.4) is 0 Å². The van der Waals surface area contributed by atoms with Gasteiger partial charge in [-0.2, -0.15) is 4.31 Å². The molecule has 0 saturated carbocycles. The van der Waals surface area contributed by atoms with E-state index in [0.717, 1.165) is 23.9 Å². The Morgan fingerprint density at radius 2 is 1.59 bits per heavy atom. The molecule has 1 aliphatic rings. The Hall–Kier alpha value is -3.50. The molecule has 7 nitrogen and oxygen atoms in total. The van der Waals surface area contributed by atoms with Crippen molar-refractivity contribution in [3.63, 3.8) is 0 Å². The van der Waals surface area contributed by atoms with Gasteiger partial charge in [0.25, 0.3) is 5.91 Å². The summed E-state index contributed by atoms with van der Waals surface area (Å²) < 4.78 is 61.3. The Kier molecular flexibility index (Phi) is 6.80. The molecular weight excluding hydrogens is 464 g/mol. The van der Waals surface area contributed by atoms with Crippen molar-refractivity contribution in [1.82, 2.24) is 4.31 Å². The van der Waals surface area contributed by atoms with Crippen LogP contribution in [0.1, 0.15) is 10.4 Å². The smallest absolute Gasteiger partial charge is 0.258 e. The van der Waals surface area contributed by atoms with Crippen LogP contribution in [-0.2, 0) is 10.0 Å². The number of ether oxygens (including phenoxy) is 1. The van der Waals surface area contributed by atoms with Crippen molar-refractivity contribution in [3.05, 3.63) is 83.9 Å². The fraction of sp³-hybridized carbons (Fsp3) is 0.208. The summed E-state index contributed by atoms with van der Waals surface area (Å²) >= 11 is 0. The predicted molar refractivity (Wildman–Crippen MR) is 125 cm³/mol. The average Bonchev–Trinajstić information content (AvgIpc) is 2.85. The molecule has 3 aromatic carbocycles. The molecule has 1 N–H and O–H groups in total. The molecule has 0 aromatic heterocycles. The highest BCUT2D eigenvalue weighted by atomic mass is 32.2. The van der Waals surface area contributed by atoms with E-state index in [0.29, 0.717) is 18.8 Å². The average molecular weight is 488 g/mol. The standard InChI is InChI=1S/C24H23F2N3O4S/c1-33-23-9-5-4-8-22(23)28-12-14-29(15-13-28)34(31,32)17-10-11-21(20(26)16-17)27-24(30)18-6-2-3-7-19(18)25/h2-11,16H,12-15H2,1H3,(H,27,30). The van der Waals surface area contributed by atoms with Crippen LogP contribution in [0.2, 0.25) is 0 Å². The van der Waals surface area contributed by atoms with Crippen molar-refractivity contribution in [2.45, 2.75) is 4.90 Å². The molecule has 0 atom stereocenters. The van der Waals surface area contributed by atoms with Crippen LogP contribution in [0.15, 0.2) is 71.6 Å². The van der Waals surface area contributed by atoms with E-state index < -0.39 is 27.6 Å². The number of amides is 1. The van der Waals surface area contributed by atoms with Gasteiger partial charge in [-0.15, -0.1) is 0 Å². The highest BCUT2D eigenvalue weighted by molar-refractivity contribution is 7.89. The maximum Gasteiger partial charge on any atom is 0.258 e.